The Kier molecular flexibility index (Phi) is 10.4. The Balaban J connectivity index is 1.72. The number of hydrogen-bond donors (Lipinski definition) is 7. The predicted octanol–water partition coefficient (Wildman–Crippen LogP) is 1.24. The lowest BCUT2D eigenvalue weighted by Crippen LogP contribution is -2.59. The molecule has 0 saturated heterocycles. The SMILES string of the molecule is CCC(C)C(NC(=O)C(Cc1cnc[nH]1)NC(=O)C(NC(=O)C(N)Cc1c[nH]c2ccccc12)C(C)C)C(=O)O. The summed E-state index contributed by atoms with van der Waals surface area (Å²) < 4.78 is 0. The van der Waals surface area contributed by atoms with E-state index in [1.807, 2.05) is 37.4 Å². The molecule has 0 spiro atoms. The molecule has 5 atom stereocenters. The van der Waals surface area contributed by atoms with Crippen LogP contribution in [-0.4, -0.2) is 67.9 Å². The molecule has 0 aliphatic carbocycles. The van der Waals surface area contributed by atoms with E-state index < -0.39 is 47.9 Å². The number of H-pyrrole nitrogens is 2. The van der Waals surface area contributed by atoms with Gasteiger partial charge in [0.25, 0.3) is 0 Å². The second-order valence-electron chi connectivity index (χ2n) is 10.5. The summed E-state index contributed by atoms with van der Waals surface area (Å²) in [5.74, 6) is -3.56. The molecule has 1 aromatic carbocycles. The topological polar surface area (TPSA) is 195 Å². The average Bonchev–Trinajstić information content (AvgIpc) is 3.59. The lowest BCUT2D eigenvalue weighted by molar-refractivity contribution is -0.143. The van der Waals surface area contributed by atoms with Gasteiger partial charge in [0.15, 0.2) is 0 Å². The van der Waals surface area contributed by atoms with Crippen LogP contribution in [0.25, 0.3) is 10.9 Å². The maximum atomic E-state index is 13.4. The van der Waals surface area contributed by atoms with Crippen molar-refractivity contribution in [1.29, 1.82) is 0 Å². The van der Waals surface area contributed by atoms with E-state index >= 15 is 0 Å². The van der Waals surface area contributed by atoms with Crippen molar-refractivity contribution in [2.45, 2.75) is 71.1 Å². The molecule has 3 rings (SSSR count). The van der Waals surface area contributed by atoms with Crippen LogP contribution in [0.15, 0.2) is 43.0 Å². The molecule has 2 aromatic heterocycles. The monoisotopic (exact) mass is 553 g/mol. The van der Waals surface area contributed by atoms with Gasteiger partial charge in [-0.25, -0.2) is 9.78 Å². The molecule has 3 amide bonds. The molecule has 5 unspecified atom stereocenters. The van der Waals surface area contributed by atoms with Gasteiger partial charge in [0, 0.05) is 35.4 Å². The number of nitrogens with two attached hydrogens (primary N) is 1. The maximum Gasteiger partial charge on any atom is 0.326 e. The Bertz CT molecular complexity index is 1300. The van der Waals surface area contributed by atoms with Crippen LogP contribution in [0.3, 0.4) is 0 Å². The van der Waals surface area contributed by atoms with Crippen molar-refractivity contribution in [3.8, 4) is 0 Å². The zero-order valence-corrected chi connectivity index (χ0v) is 23.2. The molecular formula is C28H39N7O5. The first-order valence-corrected chi connectivity index (χ1v) is 13.4. The normalized spacial score (nSPS) is 15.2. The Morgan fingerprint density at radius 1 is 0.950 bits per heavy atom. The van der Waals surface area contributed by atoms with Crippen LogP contribution in [0, 0.1) is 11.8 Å². The number of nitrogens with one attached hydrogen (secondary N) is 5. The van der Waals surface area contributed by atoms with E-state index in [2.05, 4.69) is 30.9 Å². The van der Waals surface area contributed by atoms with Gasteiger partial charge in [-0.05, 0) is 29.9 Å². The van der Waals surface area contributed by atoms with E-state index in [-0.39, 0.29) is 24.7 Å². The molecule has 0 saturated carbocycles. The largest absolute Gasteiger partial charge is 0.480 e. The minimum Gasteiger partial charge on any atom is -0.480 e. The number of carboxylic acids is 1. The van der Waals surface area contributed by atoms with Crippen molar-refractivity contribution < 1.29 is 24.3 Å². The first-order chi connectivity index (χ1) is 19.0. The van der Waals surface area contributed by atoms with Crippen molar-refractivity contribution in [3.05, 3.63) is 54.2 Å². The number of carbonyl (C=O) groups is 4. The van der Waals surface area contributed by atoms with E-state index in [4.69, 9.17) is 5.73 Å². The fourth-order valence-electron chi connectivity index (χ4n) is 4.45. The third-order valence-electron chi connectivity index (χ3n) is 7.09. The molecule has 0 aliphatic rings. The van der Waals surface area contributed by atoms with E-state index in [1.54, 1.807) is 20.8 Å². The van der Waals surface area contributed by atoms with Crippen LogP contribution < -0.4 is 21.7 Å². The van der Waals surface area contributed by atoms with Crippen LogP contribution in [0.2, 0.25) is 0 Å². The van der Waals surface area contributed by atoms with Gasteiger partial charge in [0.1, 0.15) is 18.1 Å². The van der Waals surface area contributed by atoms with Crippen molar-refractivity contribution in [1.82, 2.24) is 30.9 Å². The van der Waals surface area contributed by atoms with Gasteiger partial charge < -0.3 is 36.8 Å². The highest BCUT2D eigenvalue weighted by Gasteiger charge is 2.33. The number of benzene rings is 1. The minimum absolute atomic E-state index is 0.0449. The molecule has 12 nitrogen and oxygen atoms in total. The highest BCUT2D eigenvalue weighted by Crippen LogP contribution is 2.19. The number of hydrogen-bond acceptors (Lipinski definition) is 6. The summed E-state index contributed by atoms with van der Waals surface area (Å²) in [5, 5.41) is 18.6. The standard InChI is InChI=1S/C28H39N7O5/c1-5-16(4)24(28(39)40)35-26(37)22(11-18-13-30-14-32-18)33-27(38)23(15(2)3)34-25(36)20(29)10-17-12-31-21-9-7-6-8-19(17)21/h6-9,12-16,20,22-24,31H,5,10-11,29H2,1-4H3,(H,30,32)(H,33,38)(H,34,36)(H,35,37)(H,39,40). The second-order valence-corrected chi connectivity index (χ2v) is 10.5. The number of imidazole rings is 1. The van der Waals surface area contributed by atoms with Crippen molar-refractivity contribution in [3.63, 3.8) is 0 Å². The molecule has 2 heterocycles. The first-order valence-electron chi connectivity index (χ1n) is 13.4. The molecular weight excluding hydrogens is 514 g/mol. The molecule has 40 heavy (non-hydrogen) atoms. The van der Waals surface area contributed by atoms with Gasteiger partial charge in [-0.15, -0.1) is 0 Å². The van der Waals surface area contributed by atoms with Crippen molar-refractivity contribution in [2.24, 2.45) is 17.6 Å². The summed E-state index contributed by atoms with van der Waals surface area (Å²) in [4.78, 5) is 61.4. The average molecular weight is 554 g/mol. The van der Waals surface area contributed by atoms with Crippen molar-refractivity contribution in [2.75, 3.05) is 0 Å². The minimum atomic E-state index is -1.16. The number of rotatable bonds is 14. The highest BCUT2D eigenvalue weighted by atomic mass is 16.4. The number of aromatic amines is 2. The Labute approximate surface area is 232 Å². The van der Waals surface area contributed by atoms with Crippen LogP contribution in [0.5, 0.6) is 0 Å². The summed E-state index contributed by atoms with van der Waals surface area (Å²) in [6.07, 6.45) is 5.61. The molecule has 3 aromatic rings. The Hall–Kier alpha value is -4.19. The molecule has 0 radical (unpaired) electrons. The fraction of sp³-hybridized carbons (Fsp3) is 0.464. The highest BCUT2D eigenvalue weighted by molar-refractivity contribution is 5.94. The fourth-order valence-corrected chi connectivity index (χ4v) is 4.45. The molecule has 0 aliphatic heterocycles. The second kappa shape index (κ2) is 13.7. The van der Waals surface area contributed by atoms with E-state index in [9.17, 15) is 24.3 Å². The van der Waals surface area contributed by atoms with Gasteiger partial charge in [0.2, 0.25) is 17.7 Å². The summed E-state index contributed by atoms with van der Waals surface area (Å²) in [6, 6.07) is 3.55. The molecule has 0 fully saturated rings. The number of aliphatic carboxylic acids is 1. The van der Waals surface area contributed by atoms with Gasteiger partial charge in [-0.1, -0.05) is 52.3 Å². The van der Waals surface area contributed by atoms with E-state index in [0.29, 0.717) is 12.1 Å². The summed E-state index contributed by atoms with van der Waals surface area (Å²) in [5.41, 5.74) is 8.61. The zero-order valence-electron chi connectivity index (χ0n) is 23.2. The number of fused-ring (bicyclic) bond motifs is 1. The predicted molar refractivity (Wildman–Crippen MR) is 150 cm³/mol. The third kappa shape index (κ3) is 7.69. The number of amides is 3. The van der Waals surface area contributed by atoms with E-state index in [0.717, 1.165) is 16.5 Å². The van der Waals surface area contributed by atoms with Crippen molar-refractivity contribution >= 4 is 34.6 Å². The zero-order chi connectivity index (χ0) is 29.4. The summed E-state index contributed by atoms with van der Waals surface area (Å²) >= 11 is 0. The van der Waals surface area contributed by atoms with Gasteiger partial charge in [-0.3, -0.25) is 14.4 Å². The van der Waals surface area contributed by atoms with Gasteiger partial charge in [0.05, 0.1) is 12.4 Å². The number of carboxylic acid groups (broad SMARTS) is 1. The quantitative estimate of drug-likeness (QED) is 0.156. The van der Waals surface area contributed by atoms with Crippen LogP contribution in [0.4, 0.5) is 0 Å². The Morgan fingerprint density at radius 3 is 2.27 bits per heavy atom. The summed E-state index contributed by atoms with van der Waals surface area (Å²) in [7, 11) is 0. The Morgan fingerprint density at radius 2 is 1.65 bits per heavy atom. The van der Waals surface area contributed by atoms with Crippen LogP contribution in [0.1, 0.15) is 45.4 Å². The lowest BCUT2D eigenvalue weighted by Gasteiger charge is -2.27. The molecule has 8 N–H and O–H groups in total. The summed E-state index contributed by atoms with van der Waals surface area (Å²) in [6.45, 7) is 7.09. The number of para-hydroxylation sites is 1. The van der Waals surface area contributed by atoms with Gasteiger partial charge >= 0.3 is 5.97 Å². The van der Waals surface area contributed by atoms with Crippen LogP contribution >= 0.6 is 0 Å². The molecule has 216 valence electrons. The van der Waals surface area contributed by atoms with E-state index in [1.165, 1.54) is 12.5 Å². The first kappa shape index (κ1) is 30.4. The van der Waals surface area contributed by atoms with Gasteiger partial charge in [-0.2, -0.15) is 0 Å². The molecule has 12 heteroatoms. The number of carbonyl (C=O) groups excluding carboxylic acids is 3. The van der Waals surface area contributed by atoms with Crippen LogP contribution in [-0.2, 0) is 32.0 Å². The maximum absolute atomic E-state index is 13.4. The third-order valence-corrected chi connectivity index (χ3v) is 7.09. The number of nitrogens with zero attached hydrogens (tertiary/aromatic N) is 1. The number of aromatic nitrogens is 3. The smallest absolute Gasteiger partial charge is 0.326 e. The lowest BCUT2D eigenvalue weighted by atomic mass is 9.98. The molecule has 0 bridgehead atoms.